The van der Waals surface area contributed by atoms with Crippen LogP contribution in [0, 0.1) is 4.77 Å². The van der Waals surface area contributed by atoms with Gasteiger partial charge in [-0.3, -0.25) is 0 Å². The van der Waals surface area contributed by atoms with Gasteiger partial charge in [0.1, 0.15) is 0 Å². The highest BCUT2D eigenvalue weighted by Crippen LogP contribution is 2.21. The Bertz CT molecular complexity index is 539. The van der Waals surface area contributed by atoms with Crippen LogP contribution in [-0.2, 0) is 6.54 Å². The van der Waals surface area contributed by atoms with Crippen LogP contribution in [-0.4, -0.2) is 9.55 Å². The minimum absolute atomic E-state index is 0.738. The highest BCUT2D eigenvalue weighted by atomic mass is 32.1. The third-order valence-electron chi connectivity index (χ3n) is 3.21. The summed E-state index contributed by atoms with van der Waals surface area (Å²) in [7, 11) is 0. The number of aromatic amines is 1. The van der Waals surface area contributed by atoms with Crippen molar-refractivity contribution < 1.29 is 0 Å². The second kappa shape index (κ2) is 4.83. The van der Waals surface area contributed by atoms with Crippen LogP contribution in [0.1, 0.15) is 32.1 Å². The second-order valence-electron chi connectivity index (χ2n) is 4.32. The Morgan fingerprint density at radius 1 is 1.31 bits per heavy atom. The predicted molar refractivity (Wildman–Crippen MR) is 71.1 cm³/mol. The summed E-state index contributed by atoms with van der Waals surface area (Å²) in [6.45, 7) is 8.61. The number of H-pyrrole nitrogens is 1. The molecule has 1 saturated carbocycles. The van der Waals surface area contributed by atoms with Gasteiger partial charge >= 0.3 is 0 Å². The summed E-state index contributed by atoms with van der Waals surface area (Å²) < 4.78 is 2.78. The van der Waals surface area contributed by atoms with E-state index in [1.165, 1.54) is 43.0 Å². The highest BCUT2D eigenvalue weighted by Gasteiger charge is 2.08. The van der Waals surface area contributed by atoms with Crippen molar-refractivity contribution in [2.75, 3.05) is 0 Å². The highest BCUT2D eigenvalue weighted by molar-refractivity contribution is 7.71. The number of imidazole rings is 1. The van der Waals surface area contributed by atoms with Crippen LogP contribution in [0.4, 0.5) is 0 Å². The summed E-state index contributed by atoms with van der Waals surface area (Å²) >= 11 is 5.30. The van der Waals surface area contributed by atoms with Crippen LogP contribution >= 0.6 is 12.2 Å². The fraction of sp³-hybridized carbons (Fsp3) is 0.462. The number of nitrogens with one attached hydrogen (secondary N) is 1. The molecule has 0 saturated heterocycles. The summed E-state index contributed by atoms with van der Waals surface area (Å²) in [4.78, 5) is 3.30. The molecule has 1 heterocycles. The average molecular weight is 234 g/mol. The van der Waals surface area contributed by atoms with E-state index in [4.69, 9.17) is 12.2 Å². The lowest BCUT2D eigenvalue weighted by atomic mass is 9.95. The molecule has 0 amide bonds. The van der Waals surface area contributed by atoms with Crippen LogP contribution in [0.5, 0.6) is 0 Å². The van der Waals surface area contributed by atoms with Crippen LogP contribution in [0.15, 0.2) is 12.7 Å². The number of nitrogens with zero attached hydrogens (tertiary/aromatic N) is 1. The molecule has 0 aliphatic heterocycles. The molecule has 1 aliphatic carbocycles. The van der Waals surface area contributed by atoms with Gasteiger partial charge in [0.05, 0.1) is 10.7 Å². The molecule has 0 bridgehead atoms. The van der Waals surface area contributed by atoms with E-state index < -0.39 is 0 Å². The van der Waals surface area contributed by atoms with Crippen molar-refractivity contribution in [1.82, 2.24) is 9.55 Å². The van der Waals surface area contributed by atoms with Gasteiger partial charge in [-0.05, 0) is 43.5 Å². The molecule has 1 N–H and O–H groups in total. The van der Waals surface area contributed by atoms with Crippen molar-refractivity contribution in [2.24, 2.45) is 0 Å². The number of rotatable bonds is 2. The molecular formula is C13H18N2S. The van der Waals surface area contributed by atoms with Crippen molar-refractivity contribution in [3.8, 4) is 0 Å². The van der Waals surface area contributed by atoms with Gasteiger partial charge in [-0.2, -0.15) is 0 Å². The molecule has 0 unspecified atom stereocenters. The standard InChI is InChI=1S/C13H18N2S/c1-3-9-15-10(2)12(14-13(15)16)11-7-5-4-6-8-11/h3H,1-2,4-9H2,(H,14,16). The van der Waals surface area contributed by atoms with Crippen molar-refractivity contribution in [3.05, 3.63) is 28.1 Å². The molecule has 0 spiro atoms. The van der Waals surface area contributed by atoms with Crippen LogP contribution in [0.25, 0.3) is 12.2 Å². The fourth-order valence-corrected chi connectivity index (χ4v) is 2.63. The summed E-state index contributed by atoms with van der Waals surface area (Å²) in [6, 6.07) is 0. The van der Waals surface area contributed by atoms with Gasteiger partial charge in [0.2, 0.25) is 0 Å². The lowest BCUT2D eigenvalue weighted by Gasteiger charge is -2.12. The Hall–Kier alpha value is -1.09. The zero-order valence-corrected chi connectivity index (χ0v) is 10.4. The zero-order chi connectivity index (χ0) is 11.5. The lowest BCUT2D eigenvalue weighted by Crippen LogP contribution is -2.31. The van der Waals surface area contributed by atoms with E-state index in [1.54, 1.807) is 0 Å². The van der Waals surface area contributed by atoms with E-state index in [-0.39, 0.29) is 0 Å². The first-order valence-corrected chi connectivity index (χ1v) is 6.25. The van der Waals surface area contributed by atoms with Crippen molar-refractivity contribution in [3.63, 3.8) is 0 Å². The van der Waals surface area contributed by atoms with Crippen molar-refractivity contribution >= 4 is 24.4 Å². The Morgan fingerprint density at radius 3 is 2.62 bits per heavy atom. The van der Waals surface area contributed by atoms with E-state index in [9.17, 15) is 0 Å². The first kappa shape index (κ1) is 11.4. The molecule has 1 aromatic heterocycles. The van der Waals surface area contributed by atoms with Crippen LogP contribution in [0.3, 0.4) is 0 Å². The van der Waals surface area contributed by atoms with Gasteiger partial charge in [-0.15, -0.1) is 6.58 Å². The lowest BCUT2D eigenvalue weighted by molar-refractivity contribution is 0.641. The molecule has 2 nitrogen and oxygen atoms in total. The third-order valence-corrected chi connectivity index (χ3v) is 3.54. The van der Waals surface area contributed by atoms with E-state index in [2.05, 4.69) is 18.1 Å². The number of allylic oxidation sites excluding steroid dienone is 1. The largest absolute Gasteiger partial charge is 0.331 e. The quantitative estimate of drug-likeness (QED) is 0.615. The van der Waals surface area contributed by atoms with E-state index in [0.717, 1.165) is 16.7 Å². The summed E-state index contributed by atoms with van der Waals surface area (Å²) in [5.41, 5.74) is 1.49. The normalized spacial score (nSPS) is 16.4. The maximum absolute atomic E-state index is 5.30. The average Bonchev–Trinajstić information content (AvgIpc) is 2.59. The maximum Gasteiger partial charge on any atom is 0.178 e. The molecule has 1 aliphatic rings. The summed E-state index contributed by atoms with van der Waals surface area (Å²) in [6.07, 6.45) is 8.17. The Kier molecular flexibility index (Phi) is 3.44. The minimum atomic E-state index is 0.738. The molecule has 0 aromatic carbocycles. The van der Waals surface area contributed by atoms with Crippen molar-refractivity contribution in [2.45, 2.75) is 38.6 Å². The van der Waals surface area contributed by atoms with Gasteiger partial charge < -0.3 is 9.55 Å². The molecule has 86 valence electrons. The molecular weight excluding hydrogens is 216 g/mol. The molecule has 3 heteroatoms. The molecule has 0 radical (unpaired) electrons. The van der Waals surface area contributed by atoms with Gasteiger partial charge in [-0.1, -0.05) is 19.1 Å². The predicted octanol–water partition coefficient (Wildman–Crippen LogP) is 2.26. The topological polar surface area (TPSA) is 20.7 Å². The smallest absolute Gasteiger partial charge is 0.178 e. The Balaban J connectivity index is 2.58. The van der Waals surface area contributed by atoms with Crippen LogP contribution < -0.4 is 10.7 Å². The summed E-state index contributed by atoms with van der Waals surface area (Å²) in [5, 5.41) is 2.19. The van der Waals surface area contributed by atoms with Gasteiger partial charge in [0.15, 0.2) is 4.77 Å². The molecule has 2 rings (SSSR count). The van der Waals surface area contributed by atoms with Crippen molar-refractivity contribution in [1.29, 1.82) is 0 Å². The maximum atomic E-state index is 5.30. The third kappa shape index (κ3) is 2.05. The second-order valence-corrected chi connectivity index (χ2v) is 4.70. The van der Waals surface area contributed by atoms with E-state index >= 15 is 0 Å². The number of aromatic nitrogens is 2. The zero-order valence-electron chi connectivity index (χ0n) is 9.59. The fourth-order valence-electron chi connectivity index (χ4n) is 2.35. The van der Waals surface area contributed by atoms with Crippen LogP contribution in [0.2, 0.25) is 0 Å². The van der Waals surface area contributed by atoms with E-state index in [0.29, 0.717) is 0 Å². The SMILES string of the molecule is C=CCn1c(=S)[nH]c(=C2CCCCC2)c1=C. The van der Waals surface area contributed by atoms with Gasteiger partial charge in [0.25, 0.3) is 0 Å². The first-order chi connectivity index (χ1) is 7.74. The number of hydrogen-bond acceptors (Lipinski definition) is 1. The first-order valence-electron chi connectivity index (χ1n) is 5.84. The summed E-state index contributed by atoms with van der Waals surface area (Å²) in [5.74, 6) is 0. The Morgan fingerprint density at radius 2 is 2.00 bits per heavy atom. The molecule has 1 aromatic rings. The molecule has 16 heavy (non-hydrogen) atoms. The Labute approximate surface area is 101 Å². The molecule has 0 atom stereocenters. The molecule has 1 fully saturated rings. The van der Waals surface area contributed by atoms with E-state index in [1.807, 2.05) is 10.6 Å². The van der Waals surface area contributed by atoms with Gasteiger partial charge in [0, 0.05) is 6.54 Å². The monoisotopic (exact) mass is 234 g/mol. The van der Waals surface area contributed by atoms with Gasteiger partial charge in [-0.25, -0.2) is 0 Å². The minimum Gasteiger partial charge on any atom is -0.331 e. The number of hydrogen-bond donors (Lipinski definition) is 1.